The Labute approximate surface area is 216 Å². The number of rotatable bonds is 5. The molecule has 2 aromatic carbocycles. The quantitative estimate of drug-likeness (QED) is 0.311. The van der Waals surface area contributed by atoms with Crippen molar-refractivity contribution in [3.63, 3.8) is 0 Å². The molecule has 0 aliphatic heterocycles. The van der Waals surface area contributed by atoms with Gasteiger partial charge in [-0.05, 0) is 0 Å². The summed E-state index contributed by atoms with van der Waals surface area (Å²) in [6.45, 7) is 14.4. The monoisotopic (exact) mass is 576 g/mol. The van der Waals surface area contributed by atoms with Crippen LogP contribution in [0.15, 0.2) is 80.2 Å². The summed E-state index contributed by atoms with van der Waals surface area (Å²) < 4.78 is 7.92. The van der Waals surface area contributed by atoms with Crippen LogP contribution in [-0.2, 0) is 17.4 Å². The maximum Gasteiger partial charge on any atom is -0.147 e. The summed E-state index contributed by atoms with van der Waals surface area (Å²) in [6.07, 6.45) is 2.40. The fourth-order valence-electron chi connectivity index (χ4n) is 6.87. The van der Waals surface area contributed by atoms with Gasteiger partial charge in [0.15, 0.2) is 0 Å². The summed E-state index contributed by atoms with van der Waals surface area (Å²) >= 11 is -3.41. The van der Waals surface area contributed by atoms with Crippen LogP contribution in [0.25, 0.3) is 5.57 Å². The van der Waals surface area contributed by atoms with E-state index in [1.807, 2.05) is 3.28 Å². The number of benzene rings is 2. The zero-order valence-corrected chi connectivity index (χ0v) is 26.8. The van der Waals surface area contributed by atoms with Crippen LogP contribution in [-0.4, -0.2) is 6.88 Å². The molecule has 0 aromatic heterocycles. The fraction of sp³-hybridized carbons (Fsp3) is 0.379. The SMILES string of the molecule is CCCC1=C(c2ccccc2)c2ccccc2[CH]1[Zr]([CH3])([CH3])(=[SiH2])[C]1=C(C)C(C)=C(C)C1C.Cl.Cl. The number of fused-ring (bicyclic) bond motifs is 1. The third-order valence-electron chi connectivity index (χ3n) is 8.24. The second-order valence-corrected chi connectivity index (χ2v) is 40.3. The zero-order valence-electron chi connectivity index (χ0n) is 21.3. The van der Waals surface area contributed by atoms with Crippen LogP contribution >= 0.6 is 24.8 Å². The van der Waals surface area contributed by atoms with Gasteiger partial charge >= 0.3 is 193 Å². The van der Waals surface area contributed by atoms with E-state index in [-0.39, 0.29) is 24.8 Å². The normalized spacial score (nSPS) is 20.6. The Morgan fingerprint density at radius 1 is 0.848 bits per heavy atom. The van der Waals surface area contributed by atoms with Crippen molar-refractivity contribution in [1.82, 2.24) is 0 Å². The average molecular weight is 579 g/mol. The molecule has 2 atom stereocenters. The molecule has 0 bridgehead atoms. The van der Waals surface area contributed by atoms with Gasteiger partial charge in [-0.15, -0.1) is 24.8 Å². The molecule has 0 heterocycles. The number of hydrogen-bond donors (Lipinski definition) is 0. The van der Waals surface area contributed by atoms with Crippen molar-refractivity contribution < 1.29 is 17.4 Å². The molecule has 0 amide bonds. The van der Waals surface area contributed by atoms with Crippen molar-refractivity contribution in [1.29, 1.82) is 0 Å². The smallest absolute Gasteiger partial charge is 0.147 e. The topological polar surface area (TPSA) is 0 Å². The third-order valence-corrected chi connectivity index (χ3v) is 25.4. The molecule has 2 aromatic rings. The minimum Gasteiger partial charge on any atom is -0.147 e. The predicted octanol–water partition coefficient (Wildman–Crippen LogP) is 8.78. The van der Waals surface area contributed by atoms with Gasteiger partial charge in [-0.2, -0.15) is 0 Å². The van der Waals surface area contributed by atoms with E-state index in [1.54, 1.807) is 27.9 Å². The second kappa shape index (κ2) is 10.1. The number of halogens is 2. The Morgan fingerprint density at radius 3 is 1.97 bits per heavy atom. The maximum absolute atomic E-state index is 3.41. The van der Waals surface area contributed by atoms with Gasteiger partial charge in [0.05, 0.1) is 0 Å². The average Bonchev–Trinajstić information content (AvgIpc) is 3.17. The van der Waals surface area contributed by atoms with E-state index in [4.69, 9.17) is 0 Å². The van der Waals surface area contributed by atoms with Gasteiger partial charge in [0.2, 0.25) is 0 Å². The largest absolute Gasteiger partial charge is 0.147 e. The molecule has 2 aliphatic rings. The van der Waals surface area contributed by atoms with Crippen LogP contribution < -0.4 is 0 Å². The van der Waals surface area contributed by atoms with E-state index in [2.05, 4.69) is 105 Å². The van der Waals surface area contributed by atoms with Crippen LogP contribution in [0.3, 0.4) is 0 Å². The summed E-state index contributed by atoms with van der Waals surface area (Å²) in [4.78, 5) is 0. The molecule has 178 valence electrons. The standard InChI is InChI=1S/C18H17.C9H13.2CH3.2ClH.H2Si.Zr/c1-2-8-16-13-15-11-6-7-12-17(15)18(16)14-9-4-3-5-10-14;1-6-5-7(2)9(4)8(6)3;;;;;;/h3-7,9-13H,2,8H2,1H3;6H,1-4H3;2*1H3;2*1H;1H2;. The molecule has 4 heteroatoms. The summed E-state index contributed by atoms with van der Waals surface area (Å²) in [5.41, 5.74) is 12.5. The first-order valence-electron chi connectivity index (χ1n) is 11.9. The van der Waals surface area contributed by atoms with Crippen LogP contribution in [0.1, 0.15) is 67.8 Å². The Kier molecular flexibility index (Phi) is 8.78. The van der Waals surface area contributed by atoms with E-state index < -0.39 is 17.4 Å². The van der Waals surface area contributed by atoms with Gasteiger partial charge in [-0.1, -0.05) is 0 Å². The molecule has 0 radical (unpaired) electrons. The van der Waals surface area contributed by atoms with E-state index >= 15 is 0 Å². The number of hydrogen-bond acceptors (Lipinski definition) is 0. The van der Waals surface area contributed by atoms with Crippen molar-refractivity contribution in [3.8, 4) is 0 Å². The van der Waals surface area contributed by atoms with E-state index in [1.165, 1.54) is 29.5 Å². The Balaban J connectivity index is 0.00000193. The molecule has 2 unspecified atom stereocenters. The third kappa shape index (κ3) is 4.51. The second-order valence-electron chi connectivity index (χ2n) is 10.9. The van der Waals surface area contributed by atoms with Crippen LogP contribution in [0.4, 0.5) is 0 Å². The fourth-order valence-corrected chi connectivity index (χ4v) is 27.8. The van der Waals surface area contributed by atoms with Crippen molar-refractivity contribution in [2.75, 3.05) is 0 Å². The molecule has 2 aliphatic carbocycles. The van der Waals surface area contributed by atoms with Crippen molar-refractivity contribution in [3.05, 3.63) is 96.9 Å². The van der Waals surface area contributed by atoms with E-state index in [9.17, 15) is 0 Å². The Bertz CT molecular complexity index is 1210. The zero-order chi connectivity index (χ0) is 22.6. The van der Waals surface area contributed by atoms with Crippen LogP contribution in [0.5, 0.6) is 0 Å². The minimum absolute atomic E-state index is 0. The Hall–Kier alpha value is -0.660. The first-order chi connectivity index (χ1) is 14.6. The molecule has 0 nitrogen and oxygen atoms in total. The molecule has 33 heavy (non-hydrogen) atoms. The first-order valence-corrected chi connectivity index (χ1v) is 25.4. The van der Waals surface area contributed by atoms with Gasteiger partial charge < -0.3 is 0 Å². The van der Waals surface area contributed by atoms with Gasteiger partial charge in [0.1, 0.15) is 0 Å². The summed E-state index contributed by atoms with van der Waals surface area (Å²) in [7, 11) is 0. The molecule has 4 rings (SSSR count). The molecular formula is C29H40Cl2SiZr. The summed E-state index contributed by atoms with van der Waals surface area (Å²) in [5.74, 6) is 0.592. The Morgan fingerprint density at radius 2 is 1.42 bits per heavy atom. The van der Waals surface area contributed by atoms with Crippen molar-refractivity contribution >= 4 is 37.3 Å². The molecular weight excluding hydrogens is 539 g/mol. The van der Waals surface area contributed by atoms with Gasteiger partial charge in [-0.25, -0.2) is 0 Å². The molecule has 0 N–H and O–H groups in total. The first kappa shape index (κ1) is 28.6. The summed E-state index contributed by atoms with van der Waals surface area (Å²) in [5, 5.41) is 0. The van der Waals surface area contributed by atoms with E-state index in [0.29, 0.717) is 9.54 Å². The van der Waals surface area contributed by atoms with E-state index in [0.717, 1.165) is 0 Å². The molecule has 0 spiro atoms. The van der Waals surface area contributed by atoms with Crippen LogP contribution in [0, 0.1) is 5.92 Å². The van der Waals surface area contributed by atoms with Gasteiger partial charge in [0, 0.05) is 0 Å². The predicted molar refractivity (Wildman–Crippen MR) is 152 cm³/mol. The van der Waals surface area contributed by atoms with Crippen LogP contribution in [0.2, 0.25) is 9.26 Å². The molecule has 0 saturated carbocycles. The maximum atomic E-state index is 2.74. The number of allylic oxidation sites excluding steroid dienone is 5. The van der Waals surface area contributed by atoms with Gasteiger partial charge in [-0.3, -0.25) is 0 Å². The van der Waals surface area contributed by atoms with Crippen molar-refractivity contribution in [2.45, 2.75) is 60.3 Å². The summed E-state index contributed by atoms with van der Waals surface area (Å²) in [6, 6.07) is 20.5. The molecule has 0 fully saturated rings. The van der Waals surface area contributed by atoms with Gasteiger partial charge in [0.25, 0.3) is 0 Å². The molecule has 0 saturated heterocycles. The minimum atomic E-state index is -3.41. The van der Waals surface area contributed by atoms with Crippen molar-refractivity contribution in [2.24, 2.45) is 5.92 Å².